The number of likely N-dealkylation sites (tertiary alicyclic amines) is 1. The van der Waals surface area contributed by atoms with Crippen molar-refractivity contribution < 1.29 is 4.74 Å². The van der Waals surface area contributed by atoms with Crippen LogP contribution in [0.5, 0.6) is 0 Å². The molecule has 0 aliphatic carbocycles. The lowest BCUT2D eigenvalue weighted by Crippen LogP contribution is -2.33. The van der Waals surface area contributed by atoms with Gasteiger partial charge in [-0.2, -0.15) is 0 Å². The Hall–Kier alpha value is -0.120. The smallest absolute Gasteiger partial charge is 0.0596 e. The minimum absolute atomic E-state index is 0.363. The number of ether oxygens (including phenoxy) is 1. The third-order valence-electron chi connectivity index (χ3n) is 2.62. The summed E-state index contributed by atoms with van der Waals surface area (Å²) >= 11 is 0. The van der Waals surface area contributed by atoms with Crippen LogP contribution in [0.25, 0.3) is 0 Å². The summed E-state index contributed by atoms with van der Waals surface area (Å²) in [5.41, 5.74) is 0. The van der Waals surface area contributed by atoms with E-state index in [1.165, 1.54) is 19.5 Å². The van der Waals surface area contributed by atoms with Gasteiger partial charge in [0.05, 0.1) is 12.7 Å². The fourth-order valence-electron chi connectivity index (χ4n) is 1.91. The van der Waals surface area contributed by atoms with Crippen molar-refractivity contribution in [1.82, 2.24) is 10.2 Å². The van der Waals surface area contributed by atoms with Crippen molar-refractivity contribution in [3.05, 3.63) is 0 Å². The molecular formula is C11H24N2O. The second-order valence-corrected chi connectivity index (χ2v) is 4.26. The molecule has 0 aromatic carbocycles. The van der Waals surface area contributed by atoms with Gasteiger partial charge in [-0.25, -0.2) is 0 Å². The molecular weight excluding hydrogens is 176 g/mol. The number of nitrogens with one attached hydrogen (secondary N) is 1. The first kappa shape index (κ1) is 12.0. The molecule has 0 spiro atoms. The van der Waals surface area contributed by atoms with E-state index in [1.807, 2.05) is 0 Å². The molecule has 1 atom stereocenters. The molecule has 1 unspecified atom stereocenters. The van der Waals surface area contributed by atoms with Gasteiger partial charge in [0.15, 0.2) is 0 Å². The predicted molar refractivity (Wildman–Crippen MR) is 59.6 cm³/mol. The highest BCUT2D eigenvalue weighted by Crippen LogP contribution is 2.08. The van der Waals surface area contributed by atoms with Crippen LogP contribution >= 0.6 is 0 Å². The van der Waals surface area contributed by atoms with Crippen LogP contribution < -0.4 is 5.32 Å². The Morgan fingerprint density at radius 3 is 2.93 bits per heavy atom. The van der Waals surface area contributed by atoms with E-state index in [1.54, 1.807) is 0 Å². The molecule has 1 rings (SSSR count). The highest BCUT2D eigenvalue weighted by atomic mass is 16.5. The summed E-state index contributed by atoms with van der Waals surface area (Å²) in [7, 11) is 0. The molecule has 0 aromatic rings. The van der Waals surface area contributed by atoms with Gasteiger partial charge >= 0.3 is 0 Å². The van der Waals surface area contributed by atoms with Crippen LogP contribution in [0.1, 0.15) is 27.2 Å². The summed E-state index contributed by atoms with van der Waals surface area (Å²) in [6, 6.07) is 0.707. The van der Waals surface area contributed by atoms with Crippen LogP contribution in [-0.4, -0.2) is 49.8 Å². The summed E-state index contributed by atoms with van der Waals surface area (Å²) in [4.78, 5) is 2.48. The number of nitrogens with zero attached hydrogens (tertiary/aromatic N) is 1. The molecule has 1 aliphatic heterocycles. The minimum Gasteiger partial charge on any atom is -0.377 e. The van der Waals surface area contributed by atoms with Crippen molar-refractivity contribution in [3.8, 4) is 0 Å². The fourth-order valence-corrected chi connectivity index (χ4v) is 1.91. The SMILES string of the molecule is CCNC1CCN(CCOC(C)C)C1. The second-order valence-electron chi connectivity index (χ2n) is 4.26. The Balaban J connectivity index is 2.04. The first-order valence-corrected chi connectivity index (χ1v) is 5.79. The van der Waals surface area contributed by atoms with Gasteiger partial charge in [-0.05, 0) is 33.4 Å². The van der Waals surface area contributed by atoms with Gasteiger partial charge in [-0.3, -0.25) is 4.90 Å². The monoisotopic (exact) mass is 200 g/mol. The molecule has 3 heteroatoms. The van der Waals surface area contributed by atoms with E-state index in [4.69, 9.17) is 4.74 Å². The molecule has 1 heterocycles. The van der Waals surface area contributed by atoms with Crippen molar-refractivity contribution in [2.45, 2.75) is 39.3 Å². The summed E-state index contributed by atoms with van der Waals surface area (Å²) in [5.74, 6) is 0. The molecule has 0 aromatic heterocycles. The number of hydrogen-bond acceptors (Lipinski definition) is 3. The molecule has 3 nitrogen and oxygen atoms in total. The molecule has 0 radical (unpaired) electrons. The summed E-state index contributed by atoms with van der Waals surface area (Å²) in [6.07, 6.45) is 1.65. The molecule has 1 aliphatic rings. The van der Waals surface area contributed by atoms with Crippen LogP contribution in [0.3, 0.4) is 0 Å². The van der Waals surface area contributed by atoms with E-state index in [2.05, 4.69) is 31.0 Å². The Labute approximate surface area is 87.8 Å². The average molecular weight is 200 g/mol. The first-order chi connectivity index (χ1) is 6.72. The normalized spacial score (nSPS) is 23.6. The molecule has 1 fully saturated rings. The van der Waals surface area contributed by atoms with Crippen LogP contribution in [0.4, 0.5) is 0 Å². The Morgan fingerprint density at radius 2 is 2.29 bits per heavy atom. The summed E-state index contributed by atoms with van der Waals surface area (Å²) < 4.78 is 5.54. The van der Waals surface area contributed by atoms with Crippen LogP contribution in [0.2, 0.25) is 0 Å². The largest absolute Gasteiger partial charge is 0.377 e. The van der Waals surface area contributed by atoms with Gasteiger partial charge < -0.3 is 10.1 Å². The lowest BCUT2D eigenvalue weighted by molar-refractivity contribution is 0.0632. The quantitative estimate of drug-likeness (QED) is 0.695. The third kappa shape index (κ3) is 4.40. The number of rotatable bonds is 6. The van der Waals surface area contributed by atoms with Crippen molar-refractivity contribution in [2.75, 3.05) is 32.8 Å². The van der Waals surface area contributed by atoms with Crippen molar-refractivity contribution >= 4 is 0 Å². The van der Waals surface area contributed by atoms with E-state index in [9.17, 15) is 0 Å². The molecule has 1 N–H and O–H groups in total. The van der Waals surface area contributed by atoms with Crippen LogP contribution in [0.15, 0.2) is 0 Å². The molecule has 84 valence electrons. The fraction of sp³-hybridized carbons (Fsp3) is 1.00. The predicted octanol–water partition coefficient (Wildman–Crippen LogP) is 1.10. The van der Waals surface area contributed by atoms with Gasteiger partial charge in [0.25, 0.3) is 0 Å². The zero-order valence-electron chi connectivity index (χ0n) is 9.75. The molecule has 1 saturated heterocycles. The van der Waals surface area contributed by atoms with Gasteiger partial charge in [0.2, 0.25) is 0 Å². The van der Waals surface area contributed by atoms with E-state index >= 15 is 0 Å². The van der Waals surface area contributed by atoms with E-state index in [-0.39, 0.29) is 0 Å². The van der Waals surface area contributed by atoms with Gasteiger partial charge in [-0.1, -0.05) is 6.92 Å². The van der Waals surface area contributed by atoms with Gasteiger partial charge in [0, 0.05) is 19.1 Å². The third-order valence-corrected chi connectivity index (χ3v) is 2.62. The topological polar surface area (TPSA) is 24.5 Å². The Kier molecular flexibility index (Phi) is 5.45. The highest BCUT2D eigenvalue weighted by molar-refractivity contribution is 4.80. The van der Waals surface area contributed by atoms with Crippen LogP contribution in [0, 0.1) is 0 Å². The maximum atomic E-state index is 5.54. The first-order valence-electron chi connectivity index (χ1n) is 5.79. The summed E-state index contributed by atoms with van der Waals surface area (Å²) in [6.45, 7) is 11.8. The van der Waals surface area contributed by atoms with Gasteiger partial charge in [0.1, 0.15) is 0 Å². The number of hydrogen-bond donors (Lipinski definition) is 1. The molecule has 14 heavy (non-hydrogen) atoms. The Morgan fingerprint density at radius 1 is 1.50 bits per heavy atom. The van der Waals surface area contributed by atoms with E-state index < -0.39 is 0 Å². The number of likely N-dealkylation sites (N-methyl/N-ethyl adjacent to an activating group) is 1. The Bertz CT molecular complexity index is 150. The standard InChI is InChI=1S/C11H24N2O/c1-4-12-11-5-6-13(9-11)7-8-14-10(2)3/h10-12H,4-9H2,1-3H3. The van der Waals surface area contributed by atoms with Crippen molar-refractivity contribution in [3.63, 3.8) is 0 Å². The zero-order chi connectivity index (χ0) is 10.4. The summed E-state index contributed by atoms with van der Waals surface area (Å²) in [5, 5.41) is 3.49. The molecule has 0 saturated carbocycles. The second kappa shape index (κ2) is 6.38. The average Bonchev–Trinajstić information content (AvgIpc) is 2.53. The zero-order valence-corrected chi connectivity index (χ0v) is 9.75. The highest BCUT2D eigenvalue weighted by Gasteiger charge is 2.20. The van der Waals surface area contributed by atoms with Gasteiger partial charge in [-0.15, -0.1) is 0 Å². The van der Waals surface area contributed by atoms with Crippen molar-refractivity contribution in [2.24, 2.45) is 0 Å². The lowest BCUT2D eigenvalue weighted by Gasteiger charge is -2.17. The van der Waals surface area contributed by atoms with Crippen LogP contribution in [-0.2, 0) is 4.74 Å². The maximum absolute atomic E-state index is 5.54. The minimum atomic E-state index is 0.363. The molecule has 0 bridgehead atoms. The van der Waals surface area contributed by atoms with E-state index in [0.717, 1.165) is 19.7 Å². The van der Waals surface area contributed by atoms with Crippen molar-refractivity contribution in [1.29, 1.82) is 0 Å². The maximum Gasteiger partial charge on any atom is 0.0596 e. The lowest BCUT2D eigenvalue weighted by atomic mass is 10.3. The molecule has 0 amide bonds. The van der Waals surface area contributed by atoms with E-state index in [0.29, 0.717) is 12.1 Å².